The van der Waals surface area contributed by atoms with E-state index in [2.05, 4.69) is 15.0 Å². The molecule has 7 nitrogen and oxygen atoms in total. The lowest BCUT2D eigenvalue weighted by Crippen LogP contribution is -2.32. The average molecular weight is 445 g/mol. The predicted molar refractivity (Wildman–Crippen MR) is 127 cm³/mol. The fourth-order valence-corrected chi connectivity index (χ4v) is 4.47. The van der Waals surface area contributed by atoms with E-state index in [4.69, 9.17) is 0 Å². The molecule has 0 N–H and O–H groups in total. The molecule has 0 radical (unpaired) electrons. The van der Waals surface area contributed by atoms with Gasteiger partial charge in [0, 0.05) is 23.6 Å². The van der Waals surface area contributed by atoms with Gasteiger partial charge in [-0.1, -0.05) is 30.3 Å². The number of imide groups is 1. The van der Waals surface area contributed by atoms with E-state index < -0.39 is 6.04 Å². The van der Waals surface area contributed by atoms with Gasteiger partial charge in [-0.2, -0.15) is 0 Å². The molecule has 1 aliphatic heterocycles. The molecule has 6 rings (SSSR count). The monoisotopic (exact) mass is 445 g/mol. The fourth-order valence-electron chi connectivity index (χ4n) is 4.47. The second-order valence-corrected chi connectivity index (χ2v) is 8.21. The van der Waals surface area contributed by atoms with E-state index >= 15 is 0 Å². The molecule has 1 unspecified atom stereocenters. The summed E-state index contributed by atoms with van der Waals surface area (Å²) in [6.45, 7) is 1.87. The van der Waals surface area contributed by atoms with Crippen LogP contribution in [0.25, 0.3) is 28.0 Å². The van der Waals surface area contributed by atoms with E-state index in [1.807, 2.05) is 54.0 Å². The molecule has 0 fully saturated rings. The highest BCUT2D eigenvalue weighted by Gasteiger charge is 2.38. The number of benzene rings is 3. The Bertz CT molecular complexity index is 1540. The number of imidazole rings is 1. The molecule has 7 heteroatoms. The van der Waals surface area contributed by atoms with E-state index in [1.54, 1.807) is 49.2 Å². The Kier molecular flexibility index (Phi) is 4.55. The van der Waals surface area contributed by atoms with Crippen LogP contribution in [-0.4, -0.2) is 36.2 Å². The molecule has 5 aromatic rings. The minimum atomic E-state index is -0.415. The maximum Gasteiger partial charge on any atom is 0.262 e. The largest absolute Gasteiger partial charge is 0.299 e. The smallest absolute Gasteiger partial charge is 0.262 e. The molecular formula is C27H19N5O2. The zero-order valence-corrected chi connectivity index (χ0v) is 18.3. The number of carbonyl (C=O) groups is 2. The van der Waals surface area contributed by atoms with Crippen molar-refractivity contribution in [3.05, 3.63) is 108 Å². The Hall–Kier alpha value is -4.65. The fraction of sp³-hybridized carbons (Fsp3) is 0.0741. The van der Waals surface area contributed by atoms with Crippen molar-refractivity contribution < 1.29 is 9.59 Å². The van der Waals surface area contributed by atoms with Crippen LogP contribution in [0, 0.1) is 0 Å². The third-order valence-electron chi connectivity index (χ3n) is 6.25. The van der Waals surface area contributed by atoms with Crippen LogP contribution in [0.5, 0.6) is 0 Å². The van der Waals surface area contributed by atoms with Gasteiger partial charge in [0.1, 0.15) is 6.33 Å². The van der Waals surface area contributed by atoms with Crippen LogP contribution in [0.4, 0.5) is 0 Å². The number of hydrogen-bond acceptors (Lipinski definition) is 5. The van der Waals surface area contributed by atoms with Crippen LogP contribution in [0.2, 0.25) is 0 Å². The second-order valence-electron chi connectivity index (χ2n) is 8.21. The van der Waals surface area contributed by atoms with Crippen LogP contribution in [0.1, 0.15) is 39.2 Å². The molecule has 0 aliphatic carbocycles. The van der Waals surface area contributed by atoms with Gasteiger partial charge in [-0.05, 0) is 48.9 Å². The van der Waals surface area contributed by atoms with Crippen LogP contribution in [-0.2, 0) is 0 Å². The van der Waals surface area contributed by atoms with E-state index in [-0.39, 0.29) is 11.8 Å². The minimum absolute atomic E-state index is 0.264. The molecule has 3 aromatic carbocycles. The lowest BCUT2D eigenvalue weighted by molar-refractivity contribution is 0.0595. The molecule has 1 aliphatic rings. The van der Waals surface area contributed by atoms with Gasteiger partial charge in [0.15, 0.2) is 0 Å². The van der Waals surface area contributed by atoms with Crippen LogP contribution < -0.4 is 0 Å². The standard InChI is InChI=1S/C27H19N5O2/c1-17(32-26(33)21-7-2-3-8-22(21)27(32)34)18-9-10-25-23(14-18)30-16-31(25)20-6-4-5-19(13-20)24-15-28-11-12-29-24/h2-17H,1H3. The number of rotatable bonds is 4. The minimum Gasteiger partial charge on any atom is -0.299 e. The maximum atomic E-state index is 12.9. The van der Waals surface area contributed by atoms with E-state index in [9.17, 15) is 9.59 Å². The lowest BCUT2D eigenvalue weighted by atomic mass is 10.1. The van der Waals surface area contributed by atoms with Gasteiger partial charge in [-0.15, -0.1) is 0 Å². The summed E-state index contributed by atoms with van der Waals surface area (Å²) in [4.78, 5) is 40.3. The van der Waals surface area contributed by atoms with Crippen molar-refractivity contribution in [1.82, 2.24) is 24.4 Å². The van der Waals surface area contributed by atoms with Gasteiger partial charge in [0.25, 0.3) is 11.8 Å². The molecular weight excluding hydrogens is 426 g/mol. The van der Waals surface area contributed by atoms with Gasteiger partial charge < -0.3 is 0 Å². The topological polar surface area (TPSA) is 81.0 Å². The van der Waals surface area contributed by atoms with Crippen molar-refractivity contribution >= 4 is 22.8 Å². The molecule has 0 bridgehead atoms. The van der Waals surface area contributed by atoms with Crippen LogP contribution >= 0.6 is 0 Å². The lowest BCUT2D eigenvalue weighted by Gasteiger charge is -2.23. The Labute approximate surface area is 195 Å². The number of hydrogen-bond donors (Lipinski definition) is 0. The summed E-state index contributed by atoms with van der Waals surface area (Å²) in [5, 5.41) is 0. The van der Waals surface area contributed by atoms with Gasteiger partial charge in [-0.3, -0.25) is 29.0 Å². The Morgan fingerprint density at radius 1 is 0.824 bits per heavy atom. The normalized spacial score (nSPS) is 14.0. The maximum absolute atomic E-state index is 12.9. The first kappa shape index (κ1) is 20.0. The first-order valence-corrected chi connectivity index (χ1v) is 10.9. The first-order valence-electron chi connectivity index (χ1n) is 10.9. The second kappa shape index (κ2) is 7.74. The number of amides is 2. The molecule has 2 amide bonds. The van der Waals surface area contributed by atoms with Gasteiger partial charge in [0.2, 0.25) is 0 Å². The average Bonchev–Trinajstić information content (AvgIpc) is 3.43. The third-order valence-corrected chi connectivity index (χ3v) is 6.25. The van der Waals surface area contributed by atoms with Gasteiger partial charge >= 0.3 is 0 Å². The molecule has 2 aromatic heterocycles. The number of fused-ring (bicyclic) bond motifs is 2. The molecule has 34 heavy (non-hydrogen) atoms. The Morgan fingerprint density at radius 3 is 2.35 bits per heavy atom. The summed E-state index contributed by atoms with van der Waals surface area (Å²) in [5.74, 6) is -0.529. The van der Waals surface area contributed by atoms with E-state index in [1.165, 1.54) is 4.90 Å². The zero-order valence-electron chi connectivity index (χ0n) is 18.3. The van der Waals surface area contributed by atoms with Crippen molar-refractivity contribution in [2.75, 3.05) is 0 Å². The van der Waals surface area contributed by atoms with Crippen molar-refractivity contribution in [2.24, 2.45) is 0 Å². The molecule has 0 spiro atoms. The summed E-state index contributed by atoms with van der Waals surface area (Å²) in [5.41, 5.74) is 6.17. The summed E-state index contributed by atoms with van der Waals surface area (Å²) in [7, 11) is 0. The quantitative estimate of drug-likeness (QED) is 0.370. The molecule has 0 saturated heterocycles. The van der Waals surface area contributed by atoms with Crippen molar-refractivity contribution in [3.63, 3.8) is 0 Å². The van der Waals surface area contributed by atoms with Crippen LogP contribution in [0.15, 0.2) is 91.6 Å². The van der Waals surface area contributed by atoms with Crippen molar-refractivity contribution in [1.29, 1.82) is 0 Å². The molecule has 164 valence electrons. The van der Waals surface area contributed by atoms with Gasteiger partial charge in [-0.25, -0.2) is 4.98 Å². The van der Waals surface area contributed by atoms with Crippen molar-refractivity contribution in [2.45, 2.75) is 13.0 Å². The van der Waals surface area contributed by atoms with Crippen LogP contribution in [0.3, 0.4) is 0 Å². The van der Waals surface area contributed by atoms with Crippen molar-refractivity contribution in [3.8, 4) is 16.9 Å². The Morgan fingerprint density at radius 2 is 1.62 bits per heavy atom. The van der Waals surface area contributed by atoms with E-state index in [0.717, 1.165) is 33.5 Å². The van der Waals surface area contributed by atoms with Gasteiger partial charge in [0.05, 0.1) is 40.1 Å². The Balaban J connectivity index is 1.34. The summed E-state index contributed by atoms with van der Waals surface area (Å²) < 4.78 is 2.01. The highest BCUT2D eigenvalue weighted by molar-refractivity contribution is 6.21. The summed E-state index contributed by atoms with van der Waals surface area (Å²) >= 11 is 0. The molecule has 3 heterocycles. The number of nitrogens with zero attached hydrogens (tertiary/aromatic N) is 5. The molecule has 0 saturated carbocycles. The summed E-state index contributed by atoms with van der Waals surface area (Å²) in [6.07, 6.45) is 6.83. The predicted octanol–water partition coefficient (Wildman–Crippen LogP) is 4.84. The SMILES string of the molecule is CC(c1ccc2c(c1)ncn2-c1cccc(-c2cnccn2)c1)N1C(=O)c2ccccc2C1=O. The summed E-state index contributed by atoms with van der Waals surface area (Å²) in [6, 6.07) is 20.4. The van der Waals surface area contributed by atoms with E-state index in [0.29, 0.717) is 11.1 Å². The molecule has 1 atom stereocenters. The number of aromatic nitrogens is 4. The highest BCUT2D eigenvalue weighted by Crippen LogP contribution is 2.32. The first-order chi connectivity index (χ1) is 16.6. The third kappa shape index (κ3) is 3.09. The zero-order chi connectivity index (χ0) is 23.2. The highest BCUT2D eigenvalue weighted by atomic mass is 16.2. The number of carbonyl (C=O) groups excluding carboxylic acids is 2.